The molecule has 90 valence electrons. The number of hydrogen-bond acceptors (Lipinski definition) is 4. The number of carbonyl (C=O) groups excluding carboxylic acids is 2. The lowest BCUT2D eigenvalue weighted by Gasteiger charge is -2.02. The van der Waals surface area contributed by atoms with Crippen molar-refractivity contribution in [3.63, 3.8) is 0 Å². The van der Waals surface area contributed by atoms with Crippen molar-refractivity contribution in [2.24, 2.45) is 0 Å². The van der Waals surface area contributed by atoms with E-state index >= 15 is 0 Å². The van der Waals surface area contributed by atoms with Crippen LogP contribution in [-0.4, -0.2) is 39.3 Å². The number of urea groups is 1. The second-order valence-electron chi connectivity index (χ2n) is 3.67. The Kier molecular flexibility index (Phi) is 2.77. The first kappa shape index (κ1) is 11.1. The van der Waals surface area contributed by atoms with Crippen LogP contribution in [0.1, 0.15) is 11.4 Å². The van der Waals surface area contributed by atoms with Gasteiger partial charge in [0, 0.05) is 12.1 Å². The summed E-state index contributed by atoms with van der Waals surface area (Å²) in [6.45, 7) is 0. The summed E-state index contributed by atoms with van der Waals surface area (Å²) in [4.78, 5) is 32.6. The Labute approximate surface area is 95.4 Å². The van der Waals surface area contributed by atoms with Crippen LogP contribution in [0.5, 0.6) is 0 Å². The van der Waals surface area contributed by atoms with Gasteiger partial charge in [-0.2, -0.15) is 5.10 Å². The van der Waals surface area contributed by atoms with E-state index in [9.17, 15) is 14.4 Å². The molecule has 1 aliphatic heterocycles. The number of H-pyrrole nitrogens is 1. The van der Waals surface area contributed by atoms with Gasteiger partial charge in [-0.15, -0.1) is 0 Å². The first-order valence-electron chi connectivity index (χ1n) is 4.91. The third-order valence-corrected chi connectivity index (χ3v) is 2.30. The maximum absolute atomic E-state index is 11.2. The highest BCUT2D eigenvalue weighted by molar-refractivity contribution is 6.04. The highest BCUT2D eigenvalue weighted by Gasteiger charge is 2.30. The maximum atomic E-state index is 11.2. The van der Waals surface area contributed by atoms with Gasteiger partial charge < -0.3 is 10.4 Å². The van der Waals surface area contributed by atoms with Crippen LogP contribution in [0.3, 0.4) is 0 Å². The zero-order valence-electron chi connectivity index (χ0n) is 8.69. The van der Waals surface area contributed by atoms with E-state index in [1.807, 2.05) is 0 Å². The summed E-state index contributed by atoms with van der Waals surface area (Å²) in [6, 6.07) is 0.385. The summed E-state index contributed by atoms with van der Waals surface area (Å²) in [5, 5.41) is 19.5. The fourth-order valence-corrected chi connectivity index (χ4v) is 1.58. The van der Waals surface area contributed by atoms with Gasteiger partial charge in [-0.25, -0.2) is 4.79 Å². The van der Waals surface area contributed by atoms with Gasteiger partial charge in [0.05, 0.1) is 12.1 Å². The van der Waals surface area contributed by atoms with Crippen LogP contribution in [0.2, 0.25) is 0 Å². The Hall–Kier alpha value is -2.38. The summed E-state index contributed by atoms with van der Waals surface area (Å²) >= 11 is 0. The quantitative estimate of drug-likeness (QED) is 0.490. The summed E-state index contributed by atoms with van der Waals surface area (Å²) < 4.78 is 0. The van der Waals surface area contributed by atoms with Gasteiger partial charge in [0.1, 0.15) is 6.04 Å². The number of aliphatic carboxylic acids is 1. The normalized spacial score (nSPS) is 18.9. The molecule has 2 rings (SSSR count). The number of aromatic nitrogens is 2. The summed E-state index contributed by atoms with van der Waals surface area (Å²) in [7, 11) is 0. The van der Waals surface area contributed by atoms with E-state index in [1.165, 1.54) is 0 Å². The van der Waals surface area contributed by atoms with E-state index in [0.717, 1.165) is 0 Å². The molecule has 1 atom stereocenters. The van der Waals surface area contributed by atoms with Crippen LogP contribution in [0.15, 0.2) is 6.07 Å². The number of amides is 3. The van der Waals surface area contributed by atoms with Crippen LogP contribution < -0.4 is 10.6 Å². The first-order chi connectivity index (χ1) is 8.04. The topological polar surface area (TPSA) is 124 Å². The van der Waals surface area contributed by atoms with Crippen molar-refractivity contribution < 1.29 is 19.5 Å². The lowest BCUT2D eigenvalue weighted by atomic mass is 10.1. The van der Waals surface area contributed by atoms with Gasteiger partial charge >= 0.3 is 12.0 Å². The van der Waals surface area contributed by atoms with E-state index in [0.29, 0.717) is 11.4 Å². The SMILES string of the molecule is O=C(O)Cc1cc(C[C@H]2NC(=O)NC2=O)n[nH]1. The van der Waals surface area contributed by atoms with Crippen molar-refractivity contribution in [1.29, 1.82) is 0 Å². The van der Waals surface area contributed by atoms with Crippen molar-refractivity contribution in [2.45, 2.75) is 18.9 Å². The predicted octanol–water partition coefficient (Wildman–Crippen LogP) is -1.21. The number of hydrogen-bond donors (Lipinski definition) is 4. The Balaban J connectivity index is 1.99. The maximum Gasteiger partial charge on any atom is 0.322 e. The molecule has 8 nitrogen and oxygen atoms in total. The second kappa shape index (κ2) is 4.24. The Bertz CT molecular complexity index is 481. The summed E-state index contributed by atoms with van der Waals surface area (Å²) in [5.41, 5.74) is 0.987. The monoisotopic (exact) mass is 238 g/mol. The number of rotatable bonds is 4. The van der Waals surface area contributed by atoms with Gasteiger partial charge in [-0.3, -0.25) is 20.0 Å². The molecule has 17 heavy (non-hydrogen) atoms. The molecule has 0 unspecified atom stereocenters. The third-order valence-electron chi connectivity index (χ3n) is 2.30. The molecule has 8 heteroatoms. The van der Waals surface area contributed by atoms with Crippen LogP contribution in [-0.2, 0) is 22.4 Å². The molecule has 1 aromatic heterocycles. The molecule has 1 saturated heterocycles. The summed E-state index contributed by atoms with van der Waals surface area (Å²) in [6.07, 6.45) is 0.0733. The van der Waals surface area contributed by atoms with Crippen molar-refractivity contribution >= 4 is 17.9 Å². The number of imide groups is 1. The van der Waals surface area contributed by atoms with E-state index < -0.39 is 23.9 Å². The highest BCUT2D eigenvalue weighted by atomic mass is 16.4. The van der Waals surface area contributed by atoms with Crippen molar-refractivity contribution in [3.05, 3.63) is 17.5 Å². The highest BCUT2D eigenvalue weighted by Crippen LogP contribution is 2.06. The number of carbonyl (C=O) groups is 3. The van der Waals surface area contributed by atoms with Gasteiger partial charge in [0.25, 0.3) is 5.91 Å². The molecule has 0 radical (unpaired) electrons. The molecule has 1 aromatic rings. The number of nitrogens with zero attached hydrogens (tertiary/aromatic N) is 1. The van der Waals surface area contributed by atoms with Crippen molar-refractivity contribution in [2.75, 3.05) is 0 Å². The van der Waals surface area contributed by atoms with Gasteiger partial charge in [0.15, 0.2) is 0 Å². The number of aromatic amines is 1. The molecule has 0 aliphatic carbocycles. The molecule has 1 aliphatic rings. The standard InChI is InChI=1S/C9H10N4O4/c14-7(15)3-5-1-4(12-13-5)2-6-8(16)11-9(17)10-6/h1,6H,2-3H2,(H,12,13)(H,14,15)(H2,10,11,16,17)/t6-/m1/s1. The number of carboxylic acids is 1. The van der Waals surface area contributed by atoms with E-state index in [4.69, 9.17) is 5.11 Å². The van der Waals surface area contributed by atoms with E-state index in [1.54, 1.807) is 6.07 Å². The van der Waals surface area contributed by atoms with Gasteiger partial charge in [0.2, 0.25) is 0 Å². The fourth-order valence-electron chi connectivity index (χ4n) is 1.58. The van der Waals surface area contributed by atoms with E-state index in [-0.39, 0.29) is 12.8 Å². The Morgan fingerprint density at radius 2 is 2.24 bits per heavy atom. The van der Waals surface area contributed by atoms with Crippen molar-refractivity contribution in [1.82, 2.24) is 20.8 Å². The average Bonchev–Trinajstić information content (AvgIpc) is 2.74. The molecule has 2 heterocycles. The smallest absolute Gasteiger partial charge is 0.322 e. The van der Waals surface area contributed by atoms with Crippen LogP contribution in [0, 0.1) is 0 Å². The molecular formula is C9H10N4O4. The minimum atomic E-state index is -0.966. The molecule has 0 bridgehead atoms. The molecule has 0 aromatic carbocycles. The van der Waals surface area contributed by atoms with Crippen molar-refractivity contribution in [3.8, 4) is 0 Å². The van der Waals surface area contributed by atoms with Gasteiger partial charge in [-0.05, 0) is 6.07 Å². The molecule has 0 spiro atoms. The average molecular weight is 238 g/mol. The van der Waals surface area contributed by atoms with Crippen LogP contribution in [0.4, 0.5) is 4.79 Å². The third kappa shape index (κ3) is 2.60. The first-order valence-corrected chi connectivity index (χ1v) is 4.91. The minimum Gasteiger partial charge on any atom is -0.481 e. The molecule has 4 N–H and O–H groups in total. The Morgan fingerprint density at radius 1 is 1.47 bits per heavy atom. The number of carboxylic acid groups (broad SMARTS) is 1. The van der Waals surface area contributed by atoms with E-state index in [2.05, 4.69) is 20.8 Å². The second-order valence-corrected chi connectivity index (χ2v) is 3.67. The lowest BCUT2D eigenvalue weighted by molar-refractivity contribution is -0.136. The van der Waals surface area contributed by atoms with Gasteiger partial charge in [-0.1, -0.05) is 0 Å². The molecule has 1 fully saturated rings. The Morgan fingerprint density at radius 3 is 2.82 bits per heavy atom. The zero-order chi connectivity index (χ0) is 12.4. The van der Waals surface area contributed by atoms with Crippen LogP contribution >= 0.6 is 0 Å². The fraction of sp³-hybridized carbons (Fsp3) is 0.333. The number of nitrogens with one attached hydrogen (secondary N) is 3. The minimum absolute atomic E-state index is 0.157. The molecule has 0 saturated carbocycles. The molecule has 3 amide bonds. The van der Waals surface area contributed by atoms with Crippen LogP contribution in [0.25, 0.3) is 0 Å². The predicted molar refractivity (Wildman–Crippen MR) is 54.1 cm³/mol. The lowest BCUT2D eigenvalue weighted by Crippen LogP contribution is -2.31. The largest absolute Gasteiger partial charge is 0.481 e. The summed E-state index contributed by atoms with van der Waals surface area (Å²) in [5.74, 6) is -1.37. The molecular weight excluding hydrogens is 228 g/mol. The zero-order valence-corrected chi connectivity index (χ0v) is 8.69.